The van der Waals surface area contributed by atoms with Gasteiger partial charge in [0.15, 0.2) is 11.5 Å². The van der Waals surface area contributed by atoms with Gasteiger partial charge < -0.3 is 19.7 Å². The number of anilines is 2. The molecule has 1 aliphatic heterocycles. The Morgan fingerprint density at radius 1 is 1.16 bits per heavy atom. The van der Waals surface area contributed by atoms with Gasteiger partial charge in [-0.2, -0.15) is 0 Å². The smallest absolute Gasteiger partial charge is 0.163 e. The van der Waals surface area contributed by atoms with Gasteiger partial charge in [0.1, 0.15) is 18.0 Å². The summed E-state index contributed by atoms with van der Waals surface area (Å²) in [6, 6.07) is 8.52. The molecule has 31 heavy (non-hydrogen) atoms. The molecular weight excluding hydrogens is 463 g/mol. The van der Waals surface area contributed by atoms with Crippen LogP contribution in [0.1, 0.15) is 20.3 Å². The van der Waals surface area contributed by atoms with Crippen LogP contribution in [0.3, 0.4) is 0 Å². The van der Waals surface area contributed by atoms with Crippen LogP contribution in [0.5, 0.6) is 11.5 Å². The van der Waals surface area contributed by atoms with Crippen molar-refractivity contribution in [2.24, 2.45) is 5.92 Å². The van der Waals surface area contributed by atoms with Crippen molar-refractivity contribution in [1.29, 1.82) is 0 Å². The molecule has 0 aliphatic carbocycles. The minimum absolute atomic E-state index is 0. The Kier molecular flexibility index (Phi) is 7.67. The second-order valence-electron chi connectivity index (χ2n) is 7.55. The molecular formula is C23H28BrFN4O2. The number of fused-ring (bicyclic) bond motifs is 1. The summed E-state index contributed by atoms with van der Waals surface area (Å²) in [5.41, 5.74) is 1.03. The van der Waals surface area contributed by atoms with E-state index in [1.807, 2.05) is 12.1 Å². The third-order valence-electron chi connectivity index (χ3n) is 5.42. The molecule has 0 unspecified atom stereocenters. The number of hydrogen-bond acceptors (Lipinski definition) is 6. The molecule has 0 saturated carbocycles. The van der Waals surface area contributed by atoms with Crippen molar-refractivity contribution in [2.75, 3.05) is 39.2 Å². The molecule has 0 spiro atoms. The van der Waals surface area contributed by atoms with Crippen LogP contribution in [0.2, 0.25) is 0 Å². The number of rotatable bonds is 6. The Balaban J connectivity index is 0.00000272. The minimum atomic E-state index is -0.374. The van der Waals surface area contributed by atoms with E-state index in [-0.39, 0.29) is 13.2 Å². The monoisotopic (exact) mass is 490 g/mol. The molecule has 1 N–H and O–H groups in total. The first kappa shape index (κ1) is 23.2. The molecule has 2 heterocycles. The zero-order chi connectivity index (χ0) is 21.1. The molecule has 1 aromatic heterocycles. The molecule has 8 heteroatoms. The number of likely N-dealkylation sites (tertiary alicyclic amines) is 1. The van der Waals surface area contributed by atoms with Crippen molar-refractivity contribution in [3.8, 4) is 11.5 Å². The number of aromatic nitrogens is 2. The molecule has 0 radical (unpaired) electrons. The van der Waals surface area contributed by atoms with Crippen LogP contribution >= 0.6 is 15.9 Å². The summed E-state index contributed by atoms with van der Waals surface area (Å²) < 4.78 is 26.6. The second-order valence-corrected chi connectivity index (χ2v) is 8.46. The van der Waals surface area contributed by atoms with Gasteiger partial charge in [0.25, 0.3) is 0 Å². The average molecular weight is 491 g/mol. The standard InChI is InChI=1S/C22H24BrFN4O2.CH4/c1-28-7-5-14(6-8-28)12-30-21-11-19-16(10-20(21)29-2)22(26-13-25-19)27-18-4-3-15(23)9-17(18)24;/h3-4,9-11,13-14H,5-8,12H2,1-2H3,(H,25,26,27);1H4. The summed E-state index contributed by atoms with van der Waals surface area (Å²) in [5, 5.41) is 3.78. The van der Waals surface area contributed by atoms with Crippen molar-refractivity contribution in [3.63, 3.8) is 0 Å². The maximum atomic E-state index is 14.3. The highest BCUT2D eigenvalue weighted by molar-refractivity contribution is 9.10. The largest absolute Gasteiger partial charge is 0.493 e. The van der Waals surface area contributed by atoms with Gasteiger partial charge in [-0.05, 0) is 63.2 Å². The Morgan fingerprint density at radius 2 is 1.94 bits per heavy atom. The van der Waals surface area contributed by atoms with Crippen LogP contribution in [0, 0.1) is 11.7 Å². The molecule has 1 aliphatic rings. The van der Waals surface area contributed by atoms with Crippen LogP contribution in [-0.4, -0.2) is 48.7 Å². The van der Waals surface area contributed by atoms with Gasteiger partial charge >= 0.3 is 0 Å². The molecule has 166 valence electrons. The molecule has 3 aromatic rings. The Hall–Kier alpha value is -2.45. The maximum Gasteiger partial charge on any atom is 0.163 e. The lowest BCUT2D eigenvalue weighted by Gasteiger charge is -2.28. The molecule has 0 atom stereocenters. The molecule has 2 aromatic carbocycles. The predicted molar refractivity (Wildman–Crippen MR) is 126 cm³/mol. The van der Waals surface area contributed by atoms with Crippen LogP contribution in [0.4, 0.5) is 15.9 Å². The van der Waals surface area contributed by atoms with Gasteiger partial charge in [0.2, 0.25) is 0 Å². The zero-order valence-corrected chi connectivity index (χ0v) is 18.6. The summed E-state index contributed by atoms with van der Waals surface area (Å²) in [5.74, 6) is 1.92. The van der Waals surface area contributed by atoms with Gasteiger partial charge in [-0.3, -0.25) is 0 Å². The number of nitrogens with zero attached hydrogens (tertiary/aromatic N) is 3. The van der Waals surface area contributed by atoms with E-state index >= 15 is 0 Å². The van der Waals surface area contributed by atoms with Gasteiger partial charge in [-0.15, -0.1) is 0 Å². The lowest BCUT2D eigenvalue weighted by molar-refractivity contribution is 0.157. The van der Waals surface area contributed by atoms with Gasteiger partial charge in [-0.1, -0.05) is 23.4 Å². The number of halogens is 2. The fourth-order valence-corrected chi connectivity index (χ4v) is 3.92. The highest BCUT2D eigenvalue weighted by atomic mass is 79.9. The lowest BCUT2D eigenvalue weighted by Crippen LogP contribution is -2.32. The number of benzene rings is 2. The van der Waals surface area contributed by atoms with Crippen LogP contribution in [0.25, 0.3) is 10.9 Å². The highest BCUT2D eigenvalue weighted by Gasteiger charge is 2.19. The molecule has 0 amide bonds. The summed E-state index contributed by atoms with van der Waals surface area (Å²) in [6.07, 6.45) is 3.71. The number of hydrogen-bond donors (Lipinski definition) is 1. The van der Waals surface area contributed by atoms with Crippen molar-refractivity contribution in [3.05, 3.63) is 46.9 Å². The number of methoxy groups -OCH3 is 1. The van der Waals surface area contributed by atoms with Crippen molar-refractivity contribution >= 4 is 38.3 Å². The highest BCUT2D eigenvalue weighted by Crippen LogP contribution is 2.35. The van der Waals surface area contributed by atoms with E-state index < -0.39 is 0 Å². The number of piperidine rings is 1. The summed E-state index contributed by atoms with van der Waals surface area (Å²) in [4.78, 5) is 11.0. The third kappa shape index (κ3) is 5.43. The van der Waals surface area contributed by atoms with Crippen LogP contribution in [0.15, 0.2) is 41.1 Å². The van der Waals surface area contributed by atoms with Crippen LogP contribution in [-0.2, 0) is 0 Å². The minimum Gasteiger partial charge on any atom is -0.493 e. The third-order valence-corrected chi connectivity index (χ3v) is 5.91. The molecule has 6 nitrogen and oxygen atoms in total. The summed E-state index contributed by atoms with van der Waals surface area (Å²) in [7, 11) is 3.75. The van der Waals surface area contributed by atoms with E-state index in [4.69, 9.17) is 9.47 Å². The molecule has 4 rings (SSSR count). The van der Waals surface area contributed by atoms with E-state index in [1.54, 1.807) is 19.2 Å². The first-order valence-electron chi connectivity index (χ1n) is 9.89. The SMILES string of the molecule is C.COc1cc2c(Nc3ccc(Br)cc3F)ncnc2cc1OCC1CCN(C)CC1. The van der Waals surface area contributed by atoms with Crippen molar-refractivity contribution < 1.29 is 13.9 Å². The Morgan fingerprint density at radius 3 is 2.65 bits per heavy atom. The fourth-order valence-electron chi connectivity index (χ4n) is 3.59. The van der Waals surface area contributed by atoms with Crippen LogP contribution < -0.4 is 14.8 Å². The topological polar surface area (TPSA) is 59.5 Å². The second kappa shape index (κ2) is 10.2. The average Bonchev–Trinajstić information content (AvgIpc) is 2.75. The predicted octanol–water partition coefficient (Wildman–Crippen LogP) is 5.64. The molecule has 0 bridgehead atoms. The molecule has 1 saturated heterocycles. The van der Waals surface area contributed by atoms with Gasteiger partial charge in [-0.25, -0.2) is 14.4 Å². The molecule has 1 fully saturated rings. The van der Waals surface area contributed by atoms with Crippen molar-refractivity contribution in [2.45, 2.75) is 20.3 Å². The van der Waals surface area contributed by atoms with E-state index in [2.05, 4.69) is 43.2 Å². The number of ether oxygens (including phenoxy) is 2. The van der Waals surface area contributed by atoms with Gasteiger partial charge in [0.05, 0.1) is 24.9 Å². The summed E-state index contributed by atoms with van der Waals surface area (Å²) >= 11 is 3.27. The first-order chi connectivity index (χ1) is 14.5. The first-order valence-corrected chi connectivity index (χ1v) is 10.7. The summed E-state index contributed by atoms with van der Waals surface area (Å²) in [6.45, 7) is 2.84. The number of nitrogens with one attached hydrogen (secondary N) is 1. The Labute approximate surface area is 190 Å². The fraction of sp³-hybridized carbons (Fsp3) is 0.391. The zero-order valence-electron chi connectivity index (χ0n) is 17.0. The Bertz CT molecular complexity index is 1040. The van der Waals surface area contributed by atoms with E-state index in [1.165, 1.54) is 12.4 Å². The maximum absolute atomic E-state index is 14.3. The van der Waals surface area contributed by atoms with E-state index in [0.717, 1.165) is 31.3 Å². The van der Waals surface area contributed by atoms with E-state index in [9.17, 15) is 4.39 Å². The van der Waals surface area contributed by atoms with Crippen molar-refractivity contribution in [1.82, 2.24) is 14.9 Å². The lowest BCUT2D eigenvalue weighted by atomic mass is 9.98. The quantitative estimate of drug-likeness (QED) is 0.482. The normalized spacial score (nSPS) is 14.8. The van der Waals surface area contributed by atoms with Gasteiger partial charge in [0, 0.05) is 15.9 Å². The van der Waals surface area contributed by atoms with E-state index in [0.29, 0.717) is 45.5 Å².